The maximum absolute atomic E-state index is 12.7. The number of piperidine rings is 1. The number of amides is 1. The first-order valence-electron chi connectivity index (χ1n) is 8.97. The van der Waals surface area contributed by atoms with Gasteiger partial charge in [-0.05, 0) is 42.7 Å². The van der Waals surface area contributed by atoms with Crippen LogP contribution in [0.15, 0.2) is 52.9 Å². The molecule has 1 aliphatic rings. The van der Waals surface area contributed by atoms with Crippen molar-refractivity contribution >= 4 is 17.0 Å². The van der Waals surface area contributed by atoms with E-state index in [-0.39, 0.29) is 11.8 Å². The van der Waals surface area contributed by atoms with E-state index in [1.165, 1.54) is 0 Å². The van der Waals surface area contributed by atoms with Gasteiger partial charge in [-0.1, -0.05) is 24.3 Å². The summed E-state index contributed by atoms with van der Waals surface area (Å²) in [5.41, 5.74) is 3.53. The van der Waals surface area contributed by atoms with Gasteiger partial charge in [-0.25, -0.2) is 4.98 Å². The van der Waals surface area contributed by atoms with E-state index in [1.807, 2.05) is 53.4 Å². The van der Waals surface area contributed by atoms with E-state index >= 15 is 0 Å². The predicted octanol–water partition coefficient (Wildman–Crippen LogP) is 3.99. The van der Waals surface area contributed by atoms with Crippen molar-refractivity contribution < 1.29 is 13.9 Å². The average Bonchev–Trinajstić information content (AvgIpc) is 3.13. The summed E-state index contributed by atoms with van der Waals surface area (Å²) in [5, 5.41) is 0. The topological polar surface area (TPSA) is 55.6 Å². The highest BCUT2D eigenvalue weighted by molar-refractivity contribution is 5.94. The van der Waals surface area contributed by atoms with Crippen molar-refractivity contribution in [1.82, 2.24) is 9.88 Å². The second kappa shape index (κ2) is 7.30. The summed E-state index contributed by atoms with van der Waals surface area (Å²) in [6.07, 6.45) is 1.75. The number of carbonyl (C=O) groups is 1. The minimum Gasteiger partial charge on any atom is -0.440 e. The van der Waals surface area contributed by atoms with Crippen LogP contribution in [0.5, 0.6) is 0 Å². The van der Waals surface area contributed by atoms with Crippen molar-refractivity contribution in [2.45, 2.75) is 25.4 Å². The summed E-state index contributed by atoms with van der Waals surface area (Å²) in [5.74, 6) is 1.16. The van der Waals surface area contributed by atoms with Gasteiger partial charge in [-0.15, -0.1) is 0 Å². The highest BCUT2D eigenvalue weighted by Crippen LogP contribution is 2.30. The molecule has 1 aliphatic heterocycles. The van der Waals surface area contributed by atoms with Gasteiger partial charge in [0.15, 0.2) is 11.5 Å². The van der Waals surface area contributed by atoms with E-state index in [0.29, 0.717) is 6.61 Å². The van der Waals surface area contributed by atoms with Crippen LogP contribution < -0.4 is 0 Å². The van der Waals surface area contributed by atoms with Gasteiger partial charge in [-0.3, -0.25) is 4.79 Å². The van der Waals surface area contributed by atoms with Gasteiger partial charge in [0, 0.05) is 31.7 Å². The summed E-state index contributed by atoms with van der Waals surface area (Å²) in [6, 6.07) is 15.5. The van der Waals surface area contributed by atoms with E-state index in [9.17, 15) is 4.79 Å². The zero-order valence-corrected chi connectivity index (χ0v) is 14.9. The van der Waals surface area contributed by atoms with Gasteiger partial charge in [0.05, 0.1) is 6.61 Å². The van der Waals surface area contributed by atoms with Crippen LogP contribution in [-0.2, 0) is 11.3 Å². The number of aromatic nitrogens is 1. The molecule has 2 heterocycles. The predicted molar refractivity (Wildman–Crippen MR) is 99.0 cm³/mol. The van der Waals surface area contributed by atoms with Gasteiger partial charge in [0.25, 0.3) is 5.91 Å². The molecular formula is C21H22N2O3. The molecule has 1 aromatic heterocycles. The van der Waals surface area contributed by atoms with Crippen molar-refractivity contribution in [2.24, 2.45) is 0 Å². The lowest BCUT2D eigenvalue weighted by molar-refractivity contribution is 0.0706. The molecule has 0 saturated carbocycles. The molecule has 0 spiro atoms. The van der Waals surface area contributed by atoms with Crippen LogP contribution >= 0.6 is 0 Å². The Morgan fingerprint density at radius 3 is 2.58 bits per heavy atom. The van der Waals surface area contributed by atoms with Crippen molar-refractivity contribution in [1.29, 1.82) is 0 Å². The van der Waals surface area contributed by atoms with Crippen LogP contribution in [0.2, 0.25) is 0 Å². The monoisotopic (exact) mass is 350 g/mol. The molecular weight excluding hydrogens is 328 g/mol. The maximum atomic E-state index is 12.7. The Hall–Kier alpha value is -2.66. The zero-order chi connectivity index (χ0) is 17.9. The number of fused-ring (bicyclic) bond motifs is 1. The largest absolute Gasteiger partial charge is 0.440 e. The first kappa shape index (κ1) is 16.8. The van der Waals surface area contributed by atoms with Crippen LogP contribution in [0.4, 0.5) is 0 Å². The fourth-order valence-electron chi connectivity index (χ4n) is 3.49. The third kappa shape index (κ3) is 3.35. The fourth-order valence-corrected chi connectivity index (χ4v) is 3.49. The molecule has 4 rings (SSSR count). The highest BCUT2D eigenvalue weighted by atomic mass is 16.5. The number of rotatable bonds is 4. The number of ether oxygens (including phenoxy) is 1. The van der Waals surface area contributed by atoms with E-state index in [1.54, 1.807) is 7.11 Å². The Labute approximate surface area is 152 Å². The molecule has 3 aromatic rings. The third-order valence-electron chi connectivity index (χ3n) is 4.95. The third-order valence-corrected chi connectivity index (χ3v) is 4.95. The lowest BCUT2D eigenvalue weighted by Gasteiger charge is -2.30. The van der Waals surface area contributed by atoms with Crippen molar-refractivity contribution in [2.75, 3.05) is 20.2 Å². The minimum atomic E-state index is 0.0879. The summed E-state index contributed by atoms with van der Waals surface area (Å²) in [4.78, 5) is 19.2. The smallest absolute Gasteiger partial charge is 0.253 e. The SMILES string of the molecule is COCc1ccc(C(=O)N2CCC(c3nc4ccccc4o3)CC2)cc1. The lowest BCUT2D eigenvalue weighted by atomic mass is 9.96. The molecule has 0 radical (unpaired) electrons. The Kier molecular flexibility index (Phi) is 4.71. The maximum Gasteiger partial charge on any atom is 0.253 e. The Morgan fingerprint density at radius 1 is 1.15 bits per heavy atom. The Morgan fingerprint density at radius 2 is 1.88 bits per heavy atom. The number of para-hydroxylation sites is 2. The van der Waals surface area contributed by atoms with E-state index < -0.39 is 0 Å². The molecule has 134 valence electrons. The number of methoxy groups -OCH3 is 1. The van der Waals surface area contributed by atoms with Crippen LogP contribution in [-0.4, -0.2) is 36.0 Å². The molecule has 1 fully saturated rings. The molecule has 1 amide bonds. The molecule has 0 aliphatic carbocycles. The molecule has 0 N–H and O–H groups in total. The molecule has 2 aromatic carbocycles. The Bertz CT molecular complexity index is 860. The molecule has 26 heavy (non-hydrogen) atoms. The zero-order valence-electron chi connectivity index (χ0n) is 14.9. The van der Waals surface area contributed by atoms with Gasteiger partial charge in [0.2, 0.25) is 0 Å². The van der Waals surface area contributed by atoms with Gasteiger partial charge >= 0.3 is 0 Å². The summed E-state index contributed by atoms with van der Waals surface area (Å²) in [6.45, 7) is 2.01. The summed E-state index contributed by atoms with van der Waals surface area (Å²) < 4.78 is 11.0. The van der Waals surface area contributed by atoms with Crippen molar-refractivity contribution in [3.8, 4) is 0 Å². The lowest BCUT2D eigenvalue weighted by Crippen LogP contribution is -2.38. The number of oxazole rings is 1. The molecule has 0 atom stereocenters. The van der Waals surface area contributed by atoms with Crippen LogP contribution in [0, 0.1) is 0 Å². The average molecular weight is 350 g/mol. The fraction of sp³-hybridized carbons (Fsp3) is 0.333. The number of carbonyl (C=O) groups excluding carboxylic acids is 1. The first-order chi connectivity index (χ1) is 12.7. The normalized spacial score (nSPS) is 15.5. The quantitative estimate of drug-likeness (QED) is 0.714. The number of hydrogen-bond acceptors (Lipinski definition) is 4. The molecule has 5 heteroatoms. The van der Waals surface area contributed by atoms with Crippen LogP contribution in [0.25, 0.3) is 11.1 Å². The number of benzene rings is 2. The van der Waals surface area contributed by atoms with Crippen molar-refractivity contribution in [3.63, 3.8) is 0 Å². The number of nitrogens with zero attached hydrogens (tertiary/aromatic N) is 2. The number of likely N-dealkylation sites (tertiary alicyclic amines) is 1. The standard InChI is InChI=1S/C21H22N2O3/c1-25-14-15-6-8-17(9-7-15)21(24)23-12-10-16(11-13-23)20-22-18-4-2-3-5-19(18)26-20/h2-9,16H,10-14H2,1H3. The first-order valence-corrected chi connectivity index (χ1v) is 8.97. The number of hydrogen-bond donors (Lipinski definition) is 0. The van der Waals surface area contributed by atoms with Crippen molar-refractivity contribution in [3.05, 3.63) is 65.5 Å². The second-order valence-corrected chi connectivity index (χ2v) is 6.72. The van der Waals surface area contributed by atoms with E-state index in [4.69, 9.17) is 9.15 Å². The summed E-state index contributed by atoms with van der Waals surface area (Å²) >= 11 is 0. The minimum absolute atomic E-state index is 0.0879. The van der Waals surface area contributed by atoms with E-state index in [0.717, 1.165) is 54.0 Å². The molecule has 1 saturated heterocycles. The van der Waals surface area contributed by atoms with E-state index in [2.05, 4.69) is 4.98 Å². The second-order valence-electron chi connectivity index (χ2n) is 6.72. The summed E-state index contributed by atoms with van der Waals surface area (Å²) in [7, 11) is 1.67. The van der Waals surface area contributed by atoms with Crippen LogP contribution in [0.1, 0.15) is 40.6 Å². The van der Waals surface area contributed by atoms with Crippen LogP contribution in [0.3, 0.4) is 0 Å². The van der Waals surface area contributed by atoms with Gasteiger partial charge in [-0.2, -0.15) is 0 Å². The highest BCUT2D eigenvalue weighted by Gasteiger charge is 2.27. The Balaban J connectivity index is 1.40. The molecule has 5 nitrogen and oxygen atoms in total. The van der Waals surface area contributed by atoms with Gasteiger partial charge < -0.3 is 14.1 Å². The molecule has 0 unspecified atom stereocenters. The van der Waals surface area contributed by atoms with Gasteiger partial charge in [0.1, 0.15) is 5.52 Å². The molecule has 0 bridgehead atoms.